The second kappa shape index (κ2) is 3.80. The number of methoxy groups -OCH3 is 2. The van der Waals surface area contributed by atoms with Crippen molar-refractivity contribution in [1.29, 1.82) is 0 Å². The Labute approximate surface area is 88.1 Å². The zero-order valence-electron chi connectivity index (χ0n) is 11.4. The van der Waals surface area contributed by atoms with E-state index in [0.29, 0.717) is 3.57 Å². The van der Waals surface area contributed by atoms with E-state index in [4.69, 9.17) is 13.0 Å². The third kappa shape index (κ3) is 1.77. The lowest BCUT2D eigenvalue weighted by Crippen LogP contribution is -1.91. The molecule has 0 saturated carbocycles. The van der Waals surface area contributed by atoms with Gasteiger partial charge < -0.3 is 9.47 Å². The molecule has 0 radical (unpaired) electrons. The SMILES string of the molecule is [2H]C([2H])([2H])Oc1cccc(I)c1OC([2H])([2H])[2H]. The Balaban J connectivity index is 3.09. The van der Waals surface area contributed by atoms with Crippen LogP contribution >= 0.6 is 22.6 Å². The minimum absolute atomic E-state index is 0.0933. The Morgan fingerprint density at radius 1 is 1.36 bits per heavy atom. The highest BCUT2D eigenvalue weighted by Gasteiger charge is 2.04. The van der Waals surface area contributed by atoms with Crippen molar-refractivity contribution in [2.75, 3.05) is 14.1 Å². The van der Waals surface area contributed by atoms with E-state index in [2.05, 4.69) is 4.74 Å². The Kier molecular flexibility index (Phi) is 1.21. The topological polar surface area (TPSA) is 18.5 Å². The molecule has 2 nitrogen and oxygen atoms in total. The molecule has 0 heterocycles. The third-order valence-corrected chi connectivity index (χ3v) is 1.99. The van der Waals surface area contributed by atoms with Gasteiger partial charge in [0, 0.05) is 0 Å². The summed E-state index contributed by atoms with van der Waals surface area (Å²) >= 11 is 1.84. The molecule has 1 rings (SSSR count). The number of hydrogen-bond acceptors (Lipinski definition) is 2. The first kappa shape index (κ1) is 3.51. The fourth-order valence-electron chi connectivity index (χ4n) is 0.668. The smallest absolute Gasteiger partial charge is 0.174 e. The van der Waals surface area contributed by atoms with Crippen molar-refractivity contribution in [2.45, 2.75) is 0 Å². The molecule has 0 aliphatic carbocycles. The van der Waals surface area contributed by atoms with Crippen LogP contribution in [-0.2, 0) is 0 Å². The maximum absolute atomic E-state index is 7.01. The molecule has 0 aliphatic heterocycles. The van der Waals surface area contributed by atoms with Crippen LogP contribution in [0.5, 0.6) is 11.5 Å². The Morgan fingerprint density at radius 3 is 2.91 bits per heavy atom. The molecular formula is C8H9IO2. The molecule has 0 amide bonds. The van der Waals surface area contributed by atoms with Gasteiger partial charge in [0.2, 0.25) is 0 Å². The van der Waals surface area contributed by atoms with E-state index in [1.54, 1.807) is 12.1 Å². The molecule has 3 heteroatoms. The second-order valence-corrected chi connectivity index (χ2v) is 2.93. The van der Waals surface area contributed by atoms with E-state index in [-0.39, 0.29) is 11.5 Å². The zero-order valence-corrected chi connectivity index (χ0v) is 7.58. The van der Waals surface area contributed by atoms with Crippen molar-refractivity contribution in [3.8, 4) is 11.5 Å². The molecule has 0 N–H and O–H groups in total. The van der Waals surface area contributed by atoms with Crippen LogP contribution in [0.2, 0.25) is 0 Å². The number of para-hydroxylation sites is 1. The average Bonchev–Trinajstić information content (AvgIpc) is 2.07. The highest BCUT2D eigenvalue weighted by molar-refractivity contribution is 14.1. The molecule has 0 fully saturated rings. The van der Waals surface area contributed by atoms with Crippen LogP contribution in [0.15, 0.2) is 18.2 Å². The van der Waals surface area contributed by atoms with E-state index in [0.717, 1.165) is 0 Å². The third-order valence-electron chi connectivity index (χ3n) is 1.14. The van der Waals surface area contributed by atoms with Crippen LogP contribution in [0, 0.1) is 3.57 Å². The molecule has 0 atom stereocenters. The second-order valence-electron chi connectivity index (χ2n) is 1.77. The van der Waals surface area contributed by atoms with Crippen LogP contribution in [0.25, 0.3) is 0 Å². The van der Waals surface area contributed by atoms with Gasteiger partial charge in [-0.2, -0.15) is 0 Å². The van der Waals surface area contributed by atoms with Gasteiger partial charge in [-0.25, -0.2) is 0 Å². The Hall–Kier alpha value is -0.450. The maximum atomic E-state index is 7.01. The quantitative estimate of drug-likeness (QED) is 0.768. The van der Waals surface area contributed by atoms with E-state index in [1.807, 2.05) is 22.6 Å². The van der Waals surface area contributed by atoms with Crippen molar-refractivity contribution in [1.82, 2.24) is 0 Å². The predicted molar refractivity (Wildman–Crippen MR) is 52.3 cm³/mol. The summed E-state index contributed by atoms with van der Waals surface area (Å²) in [5.41, 5.74) is 0. The van der Waals surface area contributed by atoms with Crippen molar-refractivity contribution >= 4 is 22.6 Å². The molecule has 11 heavy (non-hydrogen) atoms. The van der Waals surface area contributed by atoms with Gasteiger partial charge in [0.05, 0.1) is 25.9 Å². The molecule has 1 aromatic carbocycles. The summed E-state index contributed by atoms with van der Waals surface area (Å²) in [6, 6.07) is 4.48. The number of benzene rings is 1. The van der Waals surface area contributed by atoms with Crippen LogP contribution in [-0.4, -0.2) is 14.1 Å². The summed E-state index contributed by atoms with van der Waals surface area (Å²) in [5, 5.41) is 0. The van der Waals surface area contributed by atoms with Gasteiger partial charge >= 0.3 is 0 Å². The van der Waals surface area contributed by atoms with Gasteiger partial charge in [-0.3, -0.25) is 0 Å². The molecule has 0 aliphatic rings. The number of ether oxygens (including phenoxy) is 2. The maximum Gasteiger partial charge on any atom is 0.174 e. The lowest BCUT2D eigenvalue weighted by atomic mass is 10.3. The monoisotopic (exact) mass is 270 g/mol. The van der Waals surface area contributed by atoms with E-state index >= 15 is 0 Å². The average molecular weight is 270 g/mol. The zero-order chi connectivity index (χ0) is 13.3. The van der Waals surface area contributed by atoms with Crippen LogP contribution < -0.4 is 9.47 Å². The normalized spacial score (nSPS) is 19.7. The van der Waals surface area contributed by atoms with Crippen LogP contribution in [0.3, 0.4) is 0 Å². The lowest BCUT2D eigenvalue weighted by Gasteiger charge is -2.07. The van der Waals surface area contributed by atoms with Gasteiger partial charge in [-0.1, -0.05) is 6.07 Å². The van der Waals surface area contributed by atoms with Gasteiger partial charge in [-0.15, -0.1) is 0 Å². The van der Waals surface area contributed by atoms with Crippen molar-refractivity contribution in [3.05, 3.63) is 21.8 Å². The summed E-state index contributed by atoms with van der Waals surface area (Å²) in [5.74, 6) is -0.211. The van der Waals surface area contributed by atoms with Gasteiger partial charge in [0.1, 0.15) is 0 Å². The first-order valence-corrected chi connectivity index (χ1v) is 3.83. The molecule has 0 saturated heterocycles. The minimum atomic E-state index is -2.66. The van der Waals surface area contributed by atoms with Crippen molar-refractivity contribution in [3.63, 3.8) is 0 Å². The van der Waals surface area contributed by atoms with Gasteiger partial charge in [0.25, 0.3) is 0 Å². The molecule has 0 spiro atoms. The lowest BCUT2D eigenvalue weighted by molar-refractivity contribution is 0.353. The highest BCUT2D eigenvalue weighted by Crippen LogP contribution is 2.31. The first-order valence-electron chi connectivity index (χ1n) is 5.75. The fourth-order valence-corrected chi connectivity index (χ4v) is 1.25. The molecule has 0 aromatic heterocycles. The van der Waals surface area contributed by atoms with Crippen LogP contribution in [0.4, 0.5) is 0 Å². The van der Waals surface area contributed by atoms with Crippen LogP contribution in [0.1, 0.15) is 8.22 Å². The minimum Gasteiger partial charge on any atom is -0.493 e. The largest absolute Gasteiger partial charge is 0.493 e. The number of hydrogen-bond donors (Lipinski definition) is 0. The first-order chi connectivity index (χ1) is 7.58. The van der Waals surface area contributed by atoms with Crippen molar-refractivity contribution < 1.29 is 17.7 Å². The summed E-state index contributed by atoms with van der Waals surface area (Å²) in [6.07, 6.45) is 0. The van der Waals surface area contributed by atoms with Gasteiger partial charge in [-0.05, 0) is 34.7 Å². The summed E-state index contributed by atoms with van der Waals surface area (Å²) in [7, 11) is -5.31. The van der Waals surface area contributed by atoms with E-state index in [9.17, 15) is 0 Å². The highest BCUT2D eigenvalue weighted by atomic mass is 127. The van der Waals surface area contributed by atoms with E-state index < -0.39 is 14.1 Å². The predicted octanol–water partition coefficient (Wildman–Crippen LogP) is 2.31. The van der Waals surface area contributed by atoms with E-state index in [1.165, 1.54) is 6.07 Å². The molecular weight excluding hydrogens is 255 g/mol. The molecule has 0 bridgehead atoms. The molecule has 0 unspecified atom stereocenters. The molecule has 60 valence electrons. The number of halogens is 1. The Morgan fingerprint density at radius 2 is 2.18 bits per heavy atom. The summed E-state index contributed by atoms with van der Waals surface area (Å²) in [4.78, 5) is 0. The summed E-state index contributed by atoms with van der Waals surface area (Å²) in [6.45, 7) is 0. The van der Waals surface area contributed by atoms with Gasteiger partial charge in [0.15, 0.2) is 11.5 Å². The standard InChI is InChI=1S/C8H9IO2/c1-10-7-5-3-4-6(9)8(7)11-2/h3-5H,1-2H3/i1D3,2D3. The fraction of sp³-hybridized carbons (Fsp3) is 0.250. The summed E-state index contributed by atoms with van der Waals surface area (Å²) < 4.78 is 51.8. The van der Waals surface area contributed by atoms with Crippen molar-refractivity contribution in [2.24, 2.45) is 0 Å². The number of rotatable bonds is 2. The Bertz CT molecular complexity index is 400. The molecule has 1 aromatic rings.